The van der Waals surface area contributed by atoms with Gasteiger partial charge in [-0.25, -0.2) is 4.98 Å². The maximum absolute atomic E-state index is 5.24. The molecule has 1 aromatic heterocycles. The number of rotatable bonds is 8. The fourth-order valence-electron chi connectivity index (χ4n) is 1.83. The van der Waals surface area contributed by atoms with Crippen molar-refractivity contribution in [1.82, 2.24) is 10.3 Å². The summed E-state index contributed by atoms with van der Waals surface area (Å²) >= 11 is 7.09. The molecule has 0 unspecified atom stereocenters. The number of hydrogen-bond acceptors (Lipinski definition) is 5. The summed E-state index contributed by atoms with van der Waals surface area (Å²) in [5.74, 6) is 0.893. The number of thiazole rings is 1. The van der Waals surface area contributed by atoms with Crippen LogP contribution in [-0.2, 0) is 23.6 Å². The second kappa shape index (κ2) is 8.90. The lowest BCUT2D eigenvalue weighted by Crippen LogP contribution is -2.12. The molecule has 21 heavy (non-hydrogen) atoms. The van der Waals surface area contributed by atoms with E-state index in [0.717, 1.165) is 34.0 Å². The predicted octanol–water partition coefficient (Wildman–Crippen LogP) is 4.45. The molecular formula is C15H19BrN2OS2. The van der Waals surface area contributed by atoms with Gasteiger partial charge >= 0.3 is 0 Å². The van der Waals surface area contributed by atoms with Gasteiger partial charge in [0, 0.05) is 27.9 Å². The fourth-order valence-corrected chi connectivity index (χ4v) is 4.37. The molecule has 0 aliphatic heterocycles. The molecule has 0 spiro atoms. The first kappa shape index (κ1) is 17.0. The van der Waals surface area contributed by atoms with E-state index in [2.05, 4.69) is 46.4 Å². The topological polar surface area (TPSA) is 34.2 Å². The van der Waals surface area contributed by atoms with Crippen molar-refractivity contribution in [3.05, 3.63) is 44.3 Å². The average molecular weight is 387 g/mol. The Balaban J connectivity index is 2.02. The van der Waals surface area contributed by atoms with E-state index in [1.165, 1.54) is 9.77 Å². The number of halogens is 1. The first-order chi connectivity index (χ1) is 10.2. The largest absolute Gasteiger partial charge is 0.378 e. The Morgan fingerprint density at radius 3 is 3.00 bits per heavy atom. The van der Waals surface area contributed by atoms with Crippen LogP contribution in [0, 0.1) is 0 Å². The zero-order valence-electron chi connectivity index (χ0n) is 12.2. The van der Waals surface area contributed by atoms with Gasteiger partial charge in [-0.15, -0.1) is 23.1 Å². The Hall–Kier alpha value is -0.400. The quantitative estimate of drug-likeness (QED) is 0.679. The minimum Gasteiger partial charge on any atom is -0.378 e. The van der Waals surface area contributed by atoms with E-state index in [9.17, 15) is 0 Å². The first-order valence-electron chi connectivity index (χ1n) is 6.78. The van der Waals surface area contributed by atoms with Crippen LogP contribution in [0.3, 0.4) is 0 Å². The van der Waals surface area contributed by atoms with Crippen molar-refractivity contribution in [2.24, 2.45) is 0 Å². The molecular weight excluding hydrogens is 368 g/mol. The predicted molar refractivity (Wildman–Crippen MR) is 93.9 cm³/mol. The van der Waals surface area contributed by atoms with Crippen LogP contribution in [-0.4, -0.2) is 18.6 Å². The minimum atomic E-state index is 0.582. The van der Waals surface area contributed by atoms with E-state index < -0.39 is 0 Å². The zero-order chi connectivity index (χ0) is 15.1. The average Bonchev–Trinajstić information content (AvgIpc) is 2.86. The molecule has 0 aliphatic carbocycles. The molecule has 0 saturated carbocycles. The molecule has 1 aromatic carbocycles. The maximum atomic E-state index is 5.24. The number of benzene rings is 1. The lowest BCUT2D eigenvalue weighted by Gasteiger charge is -2.00. The molecule has 0 amide bonds. The molecule has 1 heterocycles. The van der Waals surface area contributed by atoms with Gasteiger partial charge < -0.3 is 10.1 Å². The molecule has 0 fully saturated rings. The van der Waals surface area contributed by atoms with Gasteiger partial charge in [0.05, 0.1) is 18.1 Å². The molecule has 0 aliphatic rings. The third kappa shape index (κ3) is 5.38. The third-order valence-electron chi connectivity index (χ3n) is 2.80. The summed E-state index contributed by atoms with van der Waals surface area (Å²) in [4.78, 5) is 7.24. The number of thioether (sulfide) groups is 1. The number of aromatic nitrogens is 1. The standard InChI is InChI=1S/C15H19BrN2OS2/c1-3-17-8-14-13(9-19-2)18-15(21-14)10-20-12-6-4-5-11(16)7-12/h4-7,17H,3,8-10H2,1-2H3. The van der Waals surface area contributed by atoms with Crippen molar-refractivity contribution < 1.29 is 4.74 Å². The summed E-state index contributed by atoms with van der Waals surface area (Å²) in [5, 5.41) is 4.51. The fraction of sp³-hybridized carbons (Fsp3) is 0.400. The van der Waals surface area contributed by atoms with Crippen molar-refractivity contribution in [3.8, 4) is 0 Å². The van der Waals surface area contributed by atoms with Gasteiger partial charge in [0.2, 0.25) is 0 Å². The minimum absolute atomic E-state index is 0.582. The molecule has 2 rings (SSSR count). The highest BCUT2D eigenvalue weighted by molar-refractivity contribution is 9.10. The van der Waals surface area contributed by atoms with Gasteiger partial charge in [-0.1, -0.05) is 28.9 Å². The SMILES string of the molecule is CCNCc1sc(CSc2cccc(Br)c2)nc1COC. The van der Waals surface area contributed by atoms with Crippen LogP contribution >= 0.6 is 39.0 Å². The van der Waals surface area contributed by atoms with Gasteiger partial charge in [0.15, 0.2) is 0 Å². The molecule has 114 valence electrons. The Bertz CT molecular complexity index is 575. The van der Waals surface area contributed by atoms with Crippen molar-refractivity contribution in [2.45, 2.75) is 30.7 Å². The van der Waals surface area contributed by atoms with Gasteiger partial charge in [-0.2, -0.15) is 0 Å². The molecule has 0 bridgehead atoms. The van der Waals surface area contributed by atoms with Gasteiger partial charge in [0.1, 0.15) is 5.01 Å². The van der Waals surface area contributed by atoms with E-state index in [0.29, 0.717) is 6.61 Å². The van der Waals surface area contributed by atoms with Crippen LogP contribution in [0.15, 0.2) is 33.6 Å². The lowest BCUT2D eigenvalue weighted by atomic mass is 10.3. The maximum Gasteiger partial charge on any atom is 0.104 e. The number of nitrogens with zero attached hydrogens (tertiary/aromatic N) is 1. The van der Waals surface area contributed by atoms with Gasteiger partial charge in [-0.3, -0.25) is 0 Å². The van der Waals surface area contributed by atoms with Crippen molar-refractivity contribution in [1.29, 1.82) is 0 Å². The van der Waals surface area contributed by atoms with Crippen LogP contribution in [0.25, 0.3) is 0 Å². The molecule has 6 heteroatoms. The van der Waals surface area contributed by atoms with Crippen LogP contribution in [0.5, 0.6) is 0 Å². The summed E-state index contributed by atoms with van der Waals surface area (Å²) in [5.41, 5.74) is 1.06. The second-order valence-electron chi connectivity index (χ2n) is 4.44. The summed E-state index contributed by atoms with van der Waals surface area (Å²) in [6.45, 7) is 4.53. The molecule has 0 radical (unpaired) electrons. The van der Waals surface area contributed by atoms with Crippen LogP contribution in [0.2, 0.25) is 0 Å². The molecule has 3 nitrogen and oxygen atoms in total. The highest BCUT2D eigenvalue weighted by Gasteiger charge is 2.11. The monoisotopic (exact) mass is 386 g/mol. The summed E-state index contributed by atoms with van der Waals surface area (Å²) < 4.78 is 6.35. The lowest BCUT2D eigenvalue weighted by molar-refractivity contribution is 0.181. The van der Waals surface area contributed by atoms with Gasteiger partial charge in [-0.05, 0) is 24.7 Å². The third-order valence-corrected chi connectivity index (χ3v) is 5.58. The smallest absolute Gasteiger partial charge is 0.104 e. The Morgan fingerprint density at radius 1 is 1.43 bits per heavy atom. The first-order valence-corrected chi connectivity index (χ1v) is 9.38. The zero-order valence-corrected chi connectivity index (χ0v) is 15.4. The summed E-state index contributed by atoms with van der Waals surface area (Å²) in [6, 6.07) is 8.35. The summed E-state index contributed by atoms with van der Waals surface area (Å²) in [6.07, 6.45) is 0. The van der Waals surface area contributed by atoms with E-state index in [-0.39, 0.29) is 0 Å². The van der Waals surface area contributed by atoms with Crippen molar-refractivity contribution in [3.63, 3.8) is 0 Å². The van der Waals surface area contributed by atoms with Crippen LogP contribution < -0.4 is 5.32 Å². The number of nitrogens with one attached hydrogen (secondary N) is 1. The van der Waals surface area contributed by atoms with E-state index in [1.54, 1.807) is 18.4 Å². The normalized spacial score (nSPS) is 11.0. The van der Waals surface area contributed by atoms with Crippen molar-refractivity contribution >= 4 is 39.0 Å². The van der Waals surface area contributed by atoms with E-state index in [4.69, 9.17) is 9.72 Å². The second-order valence-corrected chi connectivity index (χ2v) is 7.57. The molecule has 0 saturated heterocycles. The van der Waals surface area contributed by atoms with Gasteiger partial charge in [0.25, 0.3) is 0 Å². The van der Waals surface area contributed by atoms with Crippen LogP contribution in [0.4, 0.5) is 0 Å². The Morgan fingerprint density at radius 2 is 2.29 bits per heavy atom. The van der Waals surface area contributed by atoms with E-state index >= 15 is 0 Å². The van der Waals surface area contributed by atoms with Crippen LogP contribution in [0.1, 0.15) is 22.5 Å². The highest BCUT2D eigenvalue weighted by Crippen LogP contribution is 2.28. The Kier molecular flexibility index (Phi) is 7.19. The molecule has 1 N–H and O–H groups in total. The summed E-state index contributed by atoms with van der Waals surface area (Å²) in [7, 11) is 1.71. The van der Waals surface area contributed by atoms with Crippen molar-refractivity contribution in [2.75, 3.05) is 13.7 Å². The number of ether oxygens (including phenoxy) is 1. The Labute approximate surface area is 142 Å². The number of hydrogen-bond donors (Lipinski definition) is 1. The van der Waals surface area contributed by atoms with E-state index in [1.807, 2.05) is 17.8 Å². The highest BCUT2D eigenvalue weighted by atomic mass is 79.9. The molecule has 0 atom stereocenters. The molecule has 2 aromatic rings. The number of methoxy groups -OCH3 is 1.